The SMILES string of the molecule is CC\C=C/C=C\C=C/C=C\C=C\C=C/C=C\CCCCCC(=O)OCC(COC(=O)CCCCCCC/C=C\CCCCC)OC(=O)CCCCCCCCC/C=C\C/C=C\CCCCC. The van der Waals surface area contributed by atoms with E-state index in [0.29, 0.717) is 19.3 Å². The average Bonchev–Trinajstić information content (AvgIpc) is 3.31. The van der Waals surface area contributed by atoms with Crippen molar-refractivity contribution in [1.29, 1.82) is 0 Å². The van der Waals surface area contributed by atoms with E-state index >= 15 is 0 Å². The molecule has 0 spiro atoms. The highest BCUT2D eigenvalue weighted by Crippen LogP contribution is 2.13. The zero-order chi connectivity index (χ0) is 47.9. The van der Waals surface area contributed by atoms with Gasteiger partial charge in [-0.3, -0.25) is 14.4 Å². The van der Waals surface area contributed by atoms with Crippen molar-refractivity contribution in [3.8, 4) is 0 Å². The number of rotatable bonds is 46. The Labute approximate surface area is 405 Å². The van der Waals surface area contributed by atoms with Crippen LogP contribution in [0.3, 0.4) is 0 Å². The third-order valence-electron chi connectivity index (χ3n) is 10.9. The average molecular weight is 913 g/mol. The standard InChI is InChI=1S/C60H96O6/c1-4-7-10-13-16-19-22-25-27-29-30-32-33-35-38-41-44-47-50-53-59(62)65-56-57(55-64-58(61)52-49-46-43-40-37-24-21-18-15-12-9-6-3)66-60(63)54-51-48-45-42-39-36-34-31-28-26-23-20-17-14-11-8-5-2/h7,10,13,16-22,25-30,32-33,35,38,57H,4-6,8-9,11-12,14-15,23-24,31,34,36-37,39-56H2,1-3H3/b10-7-,16-13-,20-17-,21-18-,22-19-,27-25-,28-26-,30-29+,33-32-,38-35-. The minimum Gasteiger partial charge on any atom is -0.462 e. The zero-order valence-electron chi connectivity index (χ0n) is 42.4. The lowest BCUT2D eigenvalue weighted by Gasteiger charge is -2.18. The number of hydrogen-bond donors (Lipinski definition) is 0. The van der Waals surface area contributed by atoms with Gasteiger partial charge in [0, 0.05) is 19.3 Å². The molecule has 66 heavy (non-hydrogen) atoms. The second kappa shape index (κ2) is 53.4. The highest BCUT2D eigenvalue weighted by Gasteiger charge is 2.19. The molecule has 0 aliphatic heterocycles. The van der Waals surface area contributed by atoms with Gasteiger partial charge in [0.05, 0.1) is 0 Å². The Kier molecular flexibility index (Phi) is 50.0. The molecule has 1 atom stereocenters. The summed E-state index contributed by atoms with van der Waals surface area (Å²) in [6.45, 7) is 6.38. The summed E-state index contributed by atoms with van der Waals surface area (Å²) in [5, 5.41) is 0. The fourth-order valence-corrected chi connectivity index (χ4v) is 6.86. The van der Waals surface area contributed by atoms with Crippen LogP contribution in [0.25, 0.3) is 0 Å². The van der Waals surface area contributed by atoms with Gasteiger partial charge in [-0.1, -0.05) is 226 Å². The van der Waals surface area contributed by atoms with Crippen molar-refractivity contribution in [1.82, 2.24) is 0 Å². The first-order valence-electron chi connectivity index (χ1n) is 26.6. The van der Waals surface area contributed by atoms with E-state index in [9.17, 15) is 14.4 Å². The Bertz CT molecular complexity index is 1420. The molecule has 0 amide bonds. The molecule has 0 aromatic rings. The molecule has 0 aliphatic carbocycles. The molecule has 0 bridgehead atoms. The topological polar surface area (TPSA) is 78.9 Å². The molecule has 0 aromatic carbocycles. The molecule has 0 radical (unpaired) electrons. The highest BCUT2D eigenvalue weighted by atomic mass is 16.6. The lowest BCUT2D eigenvalue weighted by atomic mass is 10.1. The van der Waals surface area contributed by atoms with Crippen LogP contribution in [0.4, 0.5) is 0 Å². The maximum absolute atomic E-state index is 12.8. The predicted octanol–water partition coefficient (Wildman–Crippen LogP) is 17.7. The minimum atomic E-state index is -0.808. The van der Waals surface area contributed by atoms with E-state index in [1.807, 2.05) is 72.9 Å². The Morgan fingerprint density at radius 3 is 1.08 bits per heavy atom. The summed E-state index contributed by atoms with van der Waals surface area (Å²) >= 11 is 0. The van der Waals surface area contributed by atoms with Gasteiger partial charge >= 0.3 is 17.9 Å². The van der Waals surface area contributed by atoms with Gasteiger partial charge in [-0.2, -0.15) is 0 Å². The molecule has 0 aromatic heterocycles. The van der Waals surface area contributed by atoms with Crippen LogP contribution >= 0.6 is 0 Å². The van der Waals surface area contributed by atoms with Gasteiger partial charge in [0.2, 0.25) is 0 Å². The summed E-state index contributed by atoms with van der Waals surface area (Å²) in [6, 6.07) is 0. The van der Waals surface area contributed by atoms with Crippen molar-refractivity contribution in [3.05, 3.63) is 122 Å². The fraction of sp³-hybridized carbons (Fsp3) is 0.617. The number of carbonyl (C=O) groups excluding carboxylic acids is 3. The molecular formula is C60H96O6. The second-order valence-corrected chi connectivity index (χ2v) is 17.2. The maximum atomic E-state index is 12.8. The molecule has 0 aliphatic rings. The van der Waals surface area contributed by atoms with Gasteiger partial charge in [0.15, 0.2) is 6.10 Å². The third-order valence-corrected chi connectivity index (χ3v) is 10.9. The summed E-state index contributed by atoms with van der Waals surface area (Å²) in [4.78, 5) is 38.0. The summed E-state index contributed by atoms with van der Waals surface area (Å²) in [7, 11) is 0. The second-order valence-electron chi connectivity index (χ2n) is 17.2. The first kappa shape index (κ1) is 61.8. The highest BCUT2D eigenvalue weighted by molar-refractivity contribution is 5.71. The monoisotopic (exact) mass is 913 g/mol. The van der Waals surface area contributed by atoms with Crippen LogP contribution in [-0.2, 0) is 28.6 Å². The molecule has 0 saturated heterocycles. The Morgan fingerprint density at radius 1 is 0.333 bits per heavy atom. The van der Waals surface area contributed by atoms with Crippen LogP contribution in [0.1, 0.15) is 220 Å². The Hall–Kier alpha value is -4.19. The van der Waals surface area contributed by atoms with E-state index in [4.69, 9.17) is 14.2 Å². The molecular weight excluding hydrogens is 817 g/mol. The van der Waals surface area contributed by atoms with E-state index < -0.39 is 6.10 Å². The van der Waals surface area contributed by atoms with E-state index in [1.54, 1.807) is 0 Å². The van der Waals surface area contributed by atoms with Crippen LogP contribution in [-0.4, -0.2) is 37.2 Å². The lowest BCUT2D eigenvalue weighted by molar-refractivity contribution is -0.167. The van der Waals surface area contributed by atoms with Crippen molar-refractivity contribution >= 4 is 17.9 Å². The smallest absolute Gasteiger partial charge is 0.306 e. The third kappa shape index (κ3) is 50.8. The first-order valence-corrected chi connectivity index (χ1v) is 26.6. The molecule has 0 rings (SSSR count). The van der Waals surface area contributed by atoms with Crippen molar-refractivity contribution < 1.29 is 28.6 Å². The van der Waals surface area contributed by atoms with Crippen molar-refractivity contribution in [2.24, 2.45) is 0 Å². The zero-order valence-corrected chi connectivity index (χ0v) is 42.4. The van der Waals surface area contributed by atoms with Gasteiger partial charge in [-0.25, -0.2) is 0 Å². The normalized spacial score (nSPS) is 13.1. The van der Waals surface area contributed by atoms with Gasteiger partial charge in [0.1, 0.15) is 13.2 Å². The molecule has 0 N–H and O–H groups in total. The van der Waals surface area contributed by atoms with Gasteiger partial charge in [-0.05, 0) is 96.3 Å². The van der Waals surface area contributed by atoms with Crippen LogP contribution in [0.15, 0.2) is 122 Å². The van der Waals surface area contributed by atoms with E-state index in [0.717, 1.165) is 96.3 Å². The van der Waals surface area contributed by atoms with Gasteiger partial charge in [0.25, 0.3) is 0 Å². The van der Waals surface area contributed by atoms with E-state index in [1.165, 1.54) is 83.5 Å². The number of allylic oxidation sites excluding steroid dienone is 20. The first-order chi connectivity index (χ1) is 32.5. The number of unbranched alkanes of at least 4 members (excludes halogenated alkanes) is 21. The van der Waals surface area contributed by atoms with Gasteiger partial charge in [-0.15, -0.1) is 0 Å². The molecule has 6 heteroatoms. The van der Waals surface area contributed by atoms with Crippen molar-refractivity contribution in [3.63, 3.8) is 0 Å². The van der Waals surface area contributed by atoms with Crippen LogP contribution in [0, 0.1) is 0 Å². The summed E-state index contributed by atoms with van der Waals surface area (Å²) < 4.78 is 16.8. The number of esters is 3. The van der Waals surface area contributed by atoms with Crippen LogP contribution in [0.2, 0.25) is 0 Å². The number of ether oxygens (including phenoxy) is 3. The number of hydrogen-bond acceptors (Lipinski definition) is 6. The molecule has 6 nitrogen and oxygen atoms in total. The van der Waals surface area contributed by atoms with Crippen molar-refractivity contribution in [2.45, 2.75) is 226 Å². The van der Waals surface area contributed by atoms with Gasteiger partial charge < -0.3 is 14.2 Å². The van der Waals surface area contributed by atoms with E-state index in [2.05, 4.69) is 69.4 Å². The Balaban J connectivity index is 4.52. The van der Waals surface area contributed by atoms with Crippen LogP contribution in [0.5, 0.6) is 0 Å². The fourth-order valence-electron chi connectivity index (χ4n) is 6.86. The minimum absolute atomic E-state index is 0.104. The number of carbonyl (C=O) groups is 3. The maximum Gasteiger partial charge on any atom is 0.306 e. The van der Waals surface area contributed by atoms with E-state index in [-0.39, 0.29) is 31.1 Å². The summed E-state index contributed by atoms with van der Waals surface area (Å²) in [5.41, 5.74) is 0. The summed E-state index contributed by atoms with van der Waals surface area (Å²) in [6.07, 6.45) is 73.1. The quantitative estimate of drug-likeness (QED) is 0.0199. The summed E-state index contributed by atoms with van der Waals surface area (Å²) in [5.74, 6) is -0.973. The molecule has 0 heterocycles. The Morgan fingerprint density at radius 2 is 0.652 bits per heavy atom. The van der Waals surface area contributed by atoms with Crippen LogP contribution < -0.4 is 0 Å². The molecule has 372 valence electrons. The molecule has 0 fully saturated rings. The molecule has 0 saturated carbocycles. The van der Waals surface area contributed by atoms with Crippen molar-refractivity contribution in [2.75, 3.05) is 13.2 Å². The predicted molar refractivity (Wildman–Crippen MR) is 283 cm³/mol. The largest absolute Gasteiger partial charge is 0.462 e. The molecule has 1 unspecified atom stereocenters. The lowest BCUT2D eigenvalue weighted by Crippen LogP contribution is -2.30.